The first-order valence-electron chi connectivity index (χ1n) is 13.6. The number of benzene rings is 1. The highest BCUT2D eigenvalue weighted by molar-refractivity contribution is 5.81. The van der Waals surface area contributed by atoms with E-state index in [4.69, 9.17) is 23.7 Å². The second kappa shape index (κ2) is 22.7. The van der Waals surface area contributed by atoms with Gasteiger partial charge in [0.1, 0.15) is 25.1 Å². The third-order valence-corrected chi connectivity index (χ3v) is 5.40. The Labute approximate surface area is 241 Å². The first-order valence-corrected chi connectivity index (χ1v) is 13.6. The second-order valence-electron chi connectivity index (χ2n) is 8.81. The van der Waals surface area contributed by atoms with E-state index in [0.717, 1.165) is 37.0 Å². The first-order chi connectivity index (χ1) is 19.8. The number of aliphatic hydroxyl groups is 1. The summed E-state index contributed by atoms with van der Waals surface area (Å²) in [6, 6.07) is 7.13. The van der Waals surface area contributed by atoms with Crippen LogP contribution in [0, 0.1) is 0 Å². The Morgan fingerprint density at radius 3 is 1.78 bits per heavy atom. The molecule has 2 amide bonds. The van der Waals surface area contributed by atoms with Crippen LogP contribution in [0.25, 0.3) is 0 Å². The van der Waals surface area contributed by atoms with E-state index in [1.54, 1.807) is 12.1 Å². The number of ether oxygens (including phenoxy) is 5. The second-order valence-corrected chi connectivity index (χ2v) is 8.81. The van der Waals surface area contributed by atoms with Crippen LogP contribution in [0.5, 0.6) is 5.75 Å². The van der Waals surface area contributed by atoms with E-state index in [0.29, 0.717) is 57.7 Å². The van der Waals surface area contributed by atoms with Gasteiger partial charge in [0.2, 0.25) is 0 Å². The maximum absolute atomic E-state index is 11.8. The normalized spacial score (nSPS) is 11.0. The van der Waals surface area contributed by atoms with E-state index < -0.39 is 30.2 Å². The van der Waals surface area contributed by atoms with Gasteiger partial charge in [-0.2, -0.15) is 0 Å². The van der Waals surface area contributed by atoms with Crippen molar-refractivity contribution in [1.82, 2.24) is 10.6 Å². The summed E-state index contributed by atoms with van der Waals surface area (Å²) in [5, 5.41) is 15.3. The molecule has 1 rings (SSSR count). The highest BCUT2D eigenvalue weighted by atomic mass is 16.6. The van der Waals surface area contributed by atoms with Crippen molar-refractivity contribution in [2.24, 2.45) is 0 Å². The molecule has 41 heavy (non-hydrogen) atoms. The van der Waals surface area contributed by atoms with E-state index in [9.17, 15) is 24.3 Å². The number of hydrogen-bond acceptors (Lipinski definition) is 10. The zero-order valence-corrected chi connectivity index (χ0v) is 23.5. The summed E-state index contributed by atoms with van der Waals surface area (Å²) in [6.07, 6.45) is 5.04. The predicted molar refractivity (Wildman–Crippen MR) is 150 cm³/mol. The largest absolute Gasteiger partial charge is 0.491 e. The number of unbranched alkanes of at least 4 members (excludes halogenated alkanes) is 4. The molecule has 3 N–H and O–H groups in total. The molecule has 0 aliphatic heterocycles. The summed E-state index contributed by atoms with van der Waals surface area (Å²) in [5.74, 6) is -0.360. The lowest BCUT2D eigenvalue weighted by Crippen LogP contribution is -2.31. The summed E-state index contributed by atoms with van der Waals surface area (Å²) in [7, 11) is 0. The first kappa shape index (κ1) is 35.0. The molecule has 0 spiro atoms. The molecule has 0 radical (unpaired) electrons. The number of esters is 2. The number of carbonyl (C=O) groups is 4. The molecule has 0 saturated carbocycles. The molecule has 1 aromatic carbocycles. The molecular formula is C29H42N2O10. The average Bonchev–Trinajstić information content (AvgIpc) is 2.98. The maximum Gasteiger partial charge on any atom is 0.407 e. The lowest BCUT2D eigenvalue weighted by Gasteiger charge is -2.13. The van der Waals surface area contributed by atoms with Crippen LogP contribution in [0.4, 0.5) is 9.59 Å². The smallest absolute Gasteiger partial charge is 0.407 e. The van der Waals surface area contributed by atoms with Crippen LogP contribution in [-0.4, -0.2) is 81.5 Å². The van der Waals surface area contributed by atoms with E-state index in [-0.39, 0.29) is 19.8 Å². The summed E-state index contributed by atoms with van der Waals surface area (Å²) < 4.78 is 25.4. The monoisotopic (exact) mass is 578 g/mol. The molecule has 12 heteroatoms. The van der Waals surface area contributed by atoms with Gasteiger partial charge in [0.25, 0.3) is 0 Å². The van der Waals surface area contributed by atoms with Crippen LogP contribution < -0.4 is 15.4 Å². The molecule has 0 aliphatic carbocycles. The Bertz CT molecular complexity index is 936. The molecule has 0 aromatic heterocycles. The number of nitrogens with one attached hydrogen (secondary N) is 2. The van der Waals surface area contributed by atoms with Crippen molar-refractivity contribution in [3.8, 4) is 5.75 Å². The Kier molecular flexibility index (Phi) is 19.4. The van der Waals surface area contributed by atoms with Crippen molar-refractivity contribution in [1.29, 1.82) is 0 Å². The Balaban J connectivity index is 2.06. The van der Waals surface area contributed by atoms with Crippen LogP contribution in [-0.2, 0) is 35.0 Å². The van der Waals surface area contributed by atoms with E-state index in [2.05, 4.69) is 23.8 Å². The molecule has 0 saturated heterocycles. The van der Waals surface area contributed by atoms with Gasteiger partial charge in [0.05, 0.1) is 19.8 Å². The maximum atomic E-state index is 11.8. The van der Waals surface area contributed by atoms with Gasteiger partial charge in [0.15, 0.2) is 0 Å². The van der Waals surface area contributed by atoms with Gasteiger partial charge in [0, 0.05) is 31.7 Å². The number of alkyl carbamates (subject to hydrolysis) is 2. The standard InChI is InChI=1S/C29H42N2O10/c1-3-26(33)37-18-9-5-7-16-30-28(35)39-20-15-23-11-13-25(14-12-23)40-21-24(32)22-41-29(36)31-17-8-6-10-19-38-27(34)4-2/h3-4,11-14,24,32H,1-2,5-10,15-22H2,(H,30,35)(H,31,36). The number of carbonyl (C=O) groups excluding carboxylic acids is 4. The molecule has 0 aliphatic rings. The number of rotatable bonds is 22. The third kappa shape index (κ3) is 19.6. The molecule has 1 atom stereocenters. The molecule has 0 bridgehead atoms. The van der Waals surface area contributed by atoms with Crippen LogP contribution in [0.2, 0.25) is 0 Å². The molecule has 0 heterocycles. The van der Waals surface area contributed by atoms with Crippen LogP contribution >= 0.6 is 0 Å². The molecule has 0 fully saturated rings. The van der Waals surface area contributed by atoms with E-state index in [1.165, 1.54) is 0 Å². The van der Waals surface area contributed by atoms with E-state index >= 15 is 0 Å². The fourth-order valence-electron chi connectivity index (χ4n) is 3.18. The Hall–Kier alpha value is -4.06. The molecular weight excluding hydrogens is 536 g/mol. The SMILES string of the molecule is C=CC(=O)OCCCCCNC(=O)OCCc1ccc(OCC(O)COC(=O)NCCCCCOC(=O)C=C)cc1. The molecule has 1 aromatic rings. The quantitative estimate of drug-likeness (QED) is 0.0807. The molecule has 12 nitrogen and oxygen atoms in total. The van der Waals surface area contributed by atoms with Crippen molar-refractivity contribution in [2.45, 2.75) is 51.0 Å². The summed E-state index contributed by atoms with van der Waals surface area (Å²) >= 11 is 0. The van der Waals surface area contributed by atoms with Gasteiger partial charge in [-0.1, -0.05) is 25.3 Å². The van der Waals surface area contributed by atoms with E-state index in [1.807, 2.05) is 12.1 Å². The number of hydrogen-bond donors (Lipinski definition) is 3. The van der Waals surface area contributed by atoms with Crippen LogP contribution in [0.15, 0.2) is 49.6 Å². The predicted octanol–water partition coefficient (Wildman–Crippen LogP) is 3.22. The van der Waals surface area contributed by atoms with Crippen molar-refractivity contribution in [3.05, 3.63) is 55.1 Å². The fraction of sp³-hybridized carbons (Fsp3) is 0.517. The van der Waals surface area contributed by atoms with Gasteiger partial charge < -0.3 is 39.4 Å². The fourth-order valence-corrected chi connectivity index (χ4v) is 3.18. The Morgan fingerprint density at radius 1 is 0.707 bits per heavy atom. The van der Waals surface area contributed by atoms with Crippen LogP contribution in [0.3, 0.4) is 0 Å². The molecule has 1 unspecified atom stereocenters. The molecule has 228 valence electrons. The minimum atomic E-state index is -0.998. The van der Waals surface area contributed by atoms with Crippen LogP contribution in [0.1, 0.15) is 44.1 Å². The number of amides is 2. The van der Waals surface area contributed by atoms with Gasteiger partial charge in [-0.25, -0.2) is 19.2 Å². The highest BCUT2D eigenvalue weighted by Gasteiger charge is 2.10. The third-order valence-electron chi connectivity index (χ3n) is 5.40. The van der Waals surface area contributed by atoms with Gasteiger partial charge in [-0.15, -0.1) is 0 Å². The topological polar surface area (TPSA) is 159 Å². The summed E-state index contributed by atoms with van der Waals surface area (Å²) in [5.41, 5.74) is 0.942. The van der Waals surface area contributed by atoms with Crippen molar-refractivity contribution in [3.63, 3.8) is 0 Å². The van der Waals surface area contributed by atoms with Crippen molar-refractivity contribution < 1.29 is 48.0 Å². The highest BCUT2D eigenvalue weighted by Crippen LogP contribution is 2.13. The zero-order valence-electron chi connectivity index (χ0n) is 23.5. The Morgan fingerprint density at radius 2 is 1.24 bits per heavy atom. The van der Waals surface area contributed by atoms with Gasteiger partial charge in [-0.05, 0) is 56.2 Å². The minimum absolute atomic E-state index is 0.0562. The summed E-state index contributed by atoms with van der Waals surface area (Å²) in [6.45, 7) is 8.09. The number of aliphatic hydroxyl groups excluding tert-OH is 1. The lowest BCUT2D eigenvalue weighted by atomic mass is 10.1. The average molecular weight is 579 g/mol. The minimum Gasteiger partial charge on any atom is -0.491 e. The van der Waals surface area contributed by atoms with Crippen molar-refractivity contribution >= 4 is 24.1 Å². The van der Waals surface area contributed by atoms with Gasteiger partial charge in [-0.3, -0.25) is 0 Å². The zero-order chi connectivity index (χ0) is 30.1. The summed E-state index contributed by atoms with van der Waals surface area (Å²) in [4.78, 5) is 45.3. The van der Waals surface area contributed by atoms with Gasteiger partial charge >= 0.3 is 24.1 Å². The lowest BCUT2D eigenvalue weighted by molar-refractivity contribution is -0.138. The van der Waals surface area contributed by atoms with Crippen molar-refractivity contribution in [2.75, 3.05) is 46.1 Å².